The summed E-state index contributed by atoms with van der Waals surface area (Å²) in [4.78, 5) is 19.4. The van der Waals surface area contributed by atoms with E-state index < -0.39 is 4.92 Å². The Morgan fingerprint density at radius 2 is 2.20 bits per heavy atom. The monoisotopic (exact) mass is 210 g/mol. The first kappa shape index (κ1) is 9.78. The van der Waals surface area contributed by atoms with E-state index in [1.54, 1.807) is 4.90 Å². The van der Waals surface area contributed by atoms with Crippen molar-refractivity contribution in [3.63, 3.8) is 0 Å². The lowest BCUT2D eigenvalue weighted by Crippen LogP contribution is -2.23. The summed E-state index contributed by atoms with van der Waals surface area (Å²) in [5.74, 6) is 0.428. The summed E-state index contributed by atoms with van der Waals surface area (Å²) in [5, 5.41) is 19.7. The highest BCUT2D eigenvalue weighted by molar-refractivity contribution is 5.35. The van der Waals surface area contributed by atoms with Crippen LogP contribution in [-0.4, -0.2) is 39.2 Å². The molecule has 1 aliphatic rings. The molecule has 2 rings (SSSR count). The maximum Gasteiger partial charge on any atom is 0.305 e. The van der Waals surface area contributed by atoms with Crippen LogP contribution in [0.2, 0.25) is 0 Å². The van der Waals surface area contributed by atoms with Crippen LogP contribution in [-0.2, 0) is 0 Å². The Morgan fingerprint density at radius 1 is 1.53 bits per heavy atom. The summed E-state index contributed by atoms with van der Waals surface area (Å²) in [6.45, 7) is 1.16. The molecule has 0 bridgehead atoms. The topological polar surface area (TPSA) is 92.4 Å². The molecule has 1 atom stereocenters. The minimum absolute atomic E-state index is 0.126. The molecule has 1 aliphatic heterocycles. The molecule has 0 spiro atoms. The highest BCUT2D eigenvalue weighted by Gasteiger charge is 2.22. The first-order valence-corrected chi connectivity index (χ1v) is 4.56. The fourth-order valence-electron chi connectivity index (χ4n) is 1.50. The van der Waals surface area contributed by atoms with Gasteiger partial charge in [-0.3, -0.25) is 10.1 Å². The van der Waals surface area contributed by atoms with Crippen molar-refractivity contribution in [2.45, 2.75) is 12.5 Å². The fraction of sp³-hybridized carbons (Fsp3) is 0.500. The van der Waals surface area contributed by atoms with Gasteiger partial charge in [-0.25, -0.2) is 9.97 Å². The van der Waals surface area contributed by atoms with Crippen molar-refractivity contribution >= 4 is 11.6 Å². The zero-order chi connectivity index (χ0) is 10.8. The molecule has 7 nitrogen and oxygen atoms in total. The van der Waals surface area contributed by atoms with Gasteiger partial charge < -0.3 is 10.0 Å². The molecule has 0 aromatic carbocycles. The summed E-state index contributed by atoms with van der Waals surface area (Å²) in [6, 6.07) is 0. The van der Waals surface area contributed by atoms with Gasteiger partial charge in [0.15, 0.2) is 0 Å². The lowest BCUT2D eigenvalue weighted by molar-refractivity contribution is -0.385. The third-order valence-corrected chi connectivity index (χ3v) is 2.28. The van der Waals surface area contributed by atoms with Crippen molar-refractivity contribution in [1.29, 1.82) is 0 Å². The highest BCUT2D eigenvalue weighted by Crippen LogP contribution is 2.17. The van der Waals surface area contributed by atoms with Crippen LogP contribution in [0.25, 0.3) is 0 Å². The van der Waals surface area contributed by atoms with E-state index >= 15 is 0 Å². The zero-order valence-electron chi connectivity index (χ0n) is 7.91. The van der Waals surface area contributed by atoms with Crippen LogP contribution in [0.15, 0.2) is 12.4 Å². The number of aliphatic hydroxyl groups excluding tert-OH is 1. The quantitative estimate of drug-likeness (QED) is 0.543. The van der Waals surface area contributed by atoms with Gasteiger partial charge in [0.05, 0.1) is 11.0 Å². The lowest BCUT2D eigenvalue weighted by atomic mass is 10.3. The molecule has 1 N–H and O–H groups in total. The van der Waals surface area contributed by atoms with Gasteiger partial charge >= 0.3 is 5.69 Å². The fourth-order valence-corrected chi connectivity index (χ4v) is 1.50. The maximum absolute atomic E-state index is 10.4. The standard InChI is InChI=1S/C8H10N4O3/c13-7-1-2-11(5-7)8-9-3-6(4-10-8)12(14)15/h3-4,7,13H,1-2,5H2. The summed E-state index contributed by atoms with van der Waals surface area (Å²) >= 11 is 0. The summed E-state index contributed by atoms with van der Waals surface area (Å²) < 4.78 is 0. The second-order valence-electron chi connectivity index (χ2n) is 3.39. The number of rotatable bonds is 2. The largest absolute Gasteiger partial charge is 0.391 e. The van der Waals surface area contributed by atoms with Gasteiger partial charge in [0, 0.05) is 13.1 Å². The smallest absolute Gasteiger partial charge is 0.305 e. The van der Waals surface area contributed by atoms with E-state index in [2.05, 4.69) is 9.97 Å². The molecule has 1 fully saturated rings. The molecule has 1 unspecified atom stereocenters. The van der Waals surface area contributed by atoms with Gasteiger partial charge in [-0.2, -0.15) is 0 Å². The average Bonchev–Trinajstić information content (AvgIpc) is 2.65. The van der Waals surface area contributed by atoms with Crippen LogP contribution in [0, 0.1) is 10.1 Å². The Morgan fingerprint density at radius 3 is 2.67 bits per heavy atom. The normalized spacial score (nSPS) is 20.6. The molecular formula is C8H10N4O3. The molecule has 7 heteroatoms. The number of hydrogen-bond acceptors (Lipinski definition) is 6. The van der Waals surface area contributed by atoms with E-state index in [0.717, 1.165) is 0 Å². The Balaban J connectivity index is 2.13. The van der Waals surface area contributed by atoms with E-state index in [4.69, 9.17) is 0 Å². The van der Waals surface area contributed by atoms with Crippen LogP contribution in [0.4, 0.5) is 11.6 Å². The molecule has 0 saturated carbocycles. The number of anilines is 1. The Hall–Kier alpha value is -1.76. The van der Waals surface area contributed by atoms with Crippen molar-refractivity contribution in [2.75, 3.05) is 18.0 Å². The van der Waals surface area contributed by atoms with Gasteiger partial charge in [0.25, 0.3) is 0 Å². The molecular weight excluding hydrogens is 200 g/mol. The minimum Gasteiger partial charge on any atom is -0.391 e. The van der Waals surface area contributed by atoms with E-state index in [9.17, 15) is 15.2 Å². The van der Waals surface area contributed by atoms with E-state index in [0.29, 0.717) is 25.5 Å². The predicted molar refractivity (Wildman–Crippen MR) is 51.5 cm³/mol. The number of nitro groups is 1. The first-order valence-electron chi connectivity index (χ1n) is 4.56. The van der Waals surface area contributed by atoms with Gasteiger partial charge in [-0.15, -0.1) is 0 Å². The van der Waals surface area contributed by atoms with Crippen molar-refractivity contribution < 1.29 is 10.0 Å². The second kappa shape index (κ2) is 3.77. The molecule has 0 aliphatic carbocycles. The molecule has 0 radical (unpaired) electrons. The number of nitrogens with zero attached hydrogens (tertiary/aromatic N) is 4. The van der Waals surface area contributed by atoms with Gasteiger partial charge in [0.2, 0.25) is 5.95 Å². The lowest BCUT2D eigenvalue weighted by Gasteiger charge is -2.13. The van der Waals surface area contributed by atoms with Crippen LogP contribution >= 0.6 is 0 Å². The minimum atomic E-state index is -0.539. The average molecular weight is 210 g/mol. The van der Waals surface area contributed by atoms with Crippen LogP contribution in [0.1, 0.15) is 6.42 Å². The number of aromatic nitrogens is 2. The van der Waals surface area contributed by atoms with Crippen LogP contribution in [0.3, 0.4) is 0 Å². The van der Waals surface area contributed by atoms with Gasteiger partial charge in [-0.1, -0.05) is 0 Å². The highest BCUT2D eigenvalue weighted by atomic mass is 16.6. The van der Waals surface area contributed by atoms with E-state index in [1.165, 1.54) is 12.4 Å². The number of β-amino-alcohol motifs (C(OH)–C–C–N with tert-alkyl or cyclic N) is 1. The maximum atomic E-state index is 10.4. The first-order chi connectivity index (χ1) is 7.16. The van der Waals surface area contributed by atoms with Crippen LogP contribution < -0.4 is 4.90 Å². The molecule has 2 heterocycles. The van der Waals surface area contributed by atoms with Crippen molar-refractivity contribution in [1.82, 2.24) is 9.97 Å². The third kappa shape index (κ3) is 2.01. The predicted octanol–water partition coefficient (Wildman–Crippen LogP) is -0.0442. The summed E-state index contributed by atoms with van der Waals surface area (Å²) in [5.41, 5.74) is -0.126. The Bertz CT molecular complexity index is 367. The molecule has 1 aromatic heterocycles. The van der Waals surface area contributed by atoms with Crippen LogP contribution in [0.5, 0.6) is 0 Å². The van der Waals surface area contributed by atoms with Crippen molar-refractivity contribution in [3.05, 3.63) is 22.5 Å². The third-order valence-electron chi connectivity index (χ3n) is 2.28. The summed E-state index contributed by atoms with van der Waals surface area (Å²) in [7, 11) is 0. The molecule has 1 aromatic rings. The molecule has 80 valence electrons. The molecule has 0 amide bonds. The van der Waals surface area contributed by atoms with Crippen molar-refractivity contribution in [2.24, 2.45) is 0 Å². The van der Waals surface area contributed by atoms with Gasteiger partial charge in [0.1, 0.15) is 12.4 Å². The SMILES string of the molecule is O=[N+]([O-])c1cnc(N2CCC(O)C2)nc1. The van der Waals surface area contributed by atoms with Gasteiger partial charge in [-0.05, 0) is 6.42 Å². The Kier molecular flexibility index (Phi) is 2.46. The van der Waals surface area contributed by atoms with E-state index in [-0.39, 0.29) is 11.8 Å². The summed E-state index contributed by atoms with van der Waals surface area (Å²) in [6.07, 6.45) is 2.67. The molecule has 1 saturated heterocycles. The zero-order valence-corrected chi connectivity index (χ0v) is 7.91. The van der Waals surface area contributed by atoms with E-state index in [1.807, 2.05) is 0 Å². The van der Waals surface area contributed by atoms with Crippen molar-refractivity contribution in [3.8, 4) is 0 Å². The number of hydrogen-bond donors (Lipinski definition) is 1. The second-order valence-corrected chi connectivity index (χ2v) is 3.39. The number of aliphatic hydroxyl groups is 1. The Labute approximate surface area is 85.5 Å². The molecule has 15 heavy (non-hydrogen) atoms.